The van der Waals surface area contributed by atoms with E-state index in [1.54, 1.807) is 0 Å². The monoisotopic (exact) mass is 177 g/mol. The number of nitrogens with one attached hydrogen (secondary N) is 1. The minimum absolute atomic E-state index is 0.336. The molecule has 0 spiro atoms. The van der Waals surface area contributed by atoms with E-state index in [0.29, 0.717) is 6.42 Å². The molecule has 3 heteroatoms. The summed E-state index contributed by atoms with van der Waals surface area (Å²) in [6.07, 6.45) is 0.673. The van der Waals surface area contributed by atoms with Crippen molar-refractivity contribution in [2.24, 2.45) is 0 Å². The lowest BCUT2D eigenvalue weighted by atomic mass is 9.91. The number of hydrogen-bond acceptors (Lipinski definition) is 2. The Morgan fingerprint density at radius 2 is 2.23 bits per heavy atom. The number of carboxylic acid groups (broad SMARTS) is 1. The predicted octanol–water partition coefficient (Wildman–Crippen LogP) is 1.67. The Balaban J connectivity index is 2.42. The van der Waals surface area contributed by atoms with Crippen LogP contribution in [0.25, 0.3) is 0 Å². The van der Waals surface area contributed by atoms with Gasteiger partial charge in [-0.05, 0) is 18.1 Å². The smallest absolute Gasteiger partial charge is 0.311 e. The molecule has 2 N–H and O–H groups in total. The third kappa shape index (κ3) is 1.37. The number of hydrogen-bond donors (Lipinski definition) is 2. The molecular formula is C10H11NO2. The molecule has 1 aromatic rings. The molecule has 0 bridgehead atoms. The maximum Gasteiger partial charge on any atom is 0.311 e. The average molecular weight is 177 g/mol. The van der Waals surface area contributed by atoms with Crippen LogP contribution in [0.4, 0.5) is 5.69 Å². The molecule has 13 heavy (non-hydrogen) atoms. The summed E-state index contributed by atoms with van der Waals surface area (Å²) in [7, 11) is 0. The Labute approximate surface area is 76.4 Å². The third-order valence-corrected chi connectivity index (χ3v) is 2.38. The number of carbonyl (C=O) groups is 1. The first-order chi connectivity index (χ1) is 6.29. The standard InChI is InChI=1S/C10H11NO2/c12-10(13)8-5-6-11-9-4-2-1-3-7(8)9/h1-4,8,11H,5-6H2,(H,12,13)/t8-/m0/s1. The van der Waals surface area contributed by atoms with Crippen LogP contribution in [0.1, 0.15) is 17.9 Å². The highest BCUT2D eigenvalue weighted by atomic mass is 16.4. The van der Waals surface area contributed by atoms with Gasteiger partial charge in [0.25, 0.3) is 0 Å². The largest absolute Gasteiger partial charge is 0.481 e. The number of para-hydroxylation sites is 1. The predicted molar refractivity (Wildman–Crippen MR) is 49.9 cm³/mol. The lowest BCUT2D eigenvalue weighted by Gasteiger charge is -2.23. The zero-order chi connectivity index (χ0) is 9.26. The molecule has 0 radical (unpaired) electrons. The van der Waals surface area contributed by atoms with Crippen LogP contribution in [0.2, 0.25) is 0 Å². The minimum Gasteiger partial charge on any atom is -0.481 e. The van der Waals surface area contributed by atoms with Crippen molar-refractivity contribution in [2.45, 2.75) is 12.3 Å². The van der Waals surface area contributed by atoms with Gasteiger partial charge < -0.3 is 10.4 Å². The van der Waals surface area contributed by atoms with Crippen LogP contribution in [-0.2, 0) is 4.79 Å². The fourth-order valence-electron chi connectivity index (χ4n) is 1.73. The molecule has 1 aliphatic rings. The number of carboxylic acids is 1. The van der Waals surface area contributed by atoms with E-state index < -0.39 is 5.97 Å². The molecule has 1 atom stereocenters. The van der Waals surface area contributed by atoms with E-state index in [1.165, 1.54) is 0 Å². The van der Waals surface area contributed by atoms with Gasteiger partial charge in [0.1, 0.15) is 0 Å². The molecule has 0 aromatic heterocycles. The van der Waals surface area contributed by atoms with E-state index in [2.05, 4.69) is 5.32 Å². The molecule has 0 saturated heterocycles. The van der Waals surface area contributed by atoms with Gasteiger partial charge in [-0.1, -0.05) is 18.2 Å². The van der Waals surface area contributed by atoms with Crippen LogP contribution in [0.5, 0.6) is 0 Å². The lowest BCUT2D eigenvalue weighted by molar-refractivity contribution is -0.138. The highest BCUT2D eigenvalue weighted by Gasteiger charge is 2.25. The van der Waals surface area contributed by atoms with Crippen LogP contribution in [0, 0.1) is 0 Å². The summed E-state index contributed by atoms with van der Waals surface area (Å²) in [6, 6.07) is 7.59. The van der Waals surface area contributed by atoms with Crippen molar-refractivity contribution < 1.29 is 9.90 Å². The van der Waals surface area contributed by atoms with E-state index in [0.717, 1.165) is 17.8 Å². The minimum atomic E-state index is -0.728. The summed E-state index contributed by atoms with van der Waals surface area (Å²) >= 11 is 0. The van der Waals surface area contributed by atoms with Gasteiger partial charge >= 0.3 is 5.97 Å². The Kier molecular flexibility index (Phi) is 1.93. The average Bonchev–Trinajstić information content (AvgIpc) is 2.17. The van der Waals surface area contributed by atoms with Crippen LogP contribution in [0.15, 0.2) is 24.3 Å². The summed E-state index contributed by atoms with van der Waals surface area (Å²) in [4.78, 5) is 10.9. The van der Waals surface area contributed by atoms with Crippen molar-refractivity contribution in [3.8, 4) is 0 Å². The van der Waals surface area contributed by atoms with E-state index in [-0.39, 0.29) is 5.92 Å². The van der Waals surface area contributed by atoms with E-state index in [4.69, 9.17) is 5.11 Å². The first kappa shape index (κ1) is 8.10. The maximum atomic E-state index is 10.9. The third-order valence-electron chi connectivity index (χ3n) is 2.38. The van der Waals surface area contributed by atoms with Crippen molar-refractivity contribution >= 4 is 11.7 Å². The van der Waals surface area contributed by atoms with Gasteiger partial charge in [-0.15, -0.1) is 0 Å². The second kappa shape index (κ2) is 3.09. The van der Waals surface area contributed by atoms with Gasteiger partial charge in [0.2, 0.25) is 0 Å². The van der Waals surface area contributed by atoms with Crippen molar-refractivity contribution in [2.75, 3.05) is 11.9 Å². The first-order valence-electron chi connectivity index (χ1n) is 4.34. The molecule has 0 aliphatic carbocycles. The second-order valence-corrected chi connectivity index (χ2v) is 3.19. The van der Waals surface area contributed by atoms with Crippen LogP contribution in [-0.4, -0.2) is 17.6 Å². The Morgan fingerprint density at radius 1 is 1.46 bits per heavy atom. The lowest BCUT2D eigenvalue weighted by Crippen LogP contribution is -2.22. The first-order valence-corrected chi connectivity index (χ1v) is 4.34. The van der Waals surface area contributed by atoms with Crippen molar-refractivity contribution in [1.29, 1.82) is 0 Å². The van der Waals surface area contributed by atoms with Gasteiger partial charge in [0.05, 0.1) is 5.92 Å². The summed E-state index contributed by atoms with van der Waals surface area (Å²) in [5.41, 5.74) is 1.86. The fourth-order valence-corrected chi connectivity index (χ4v) is 1.73. The quantitative estimate of drug-likeness (QED) is 0.686. The molecule has 0 unspecified atom stereocenters. The van der Waals surface area contributed by atoms with E-state index >= 15 is 0 Å². The van der Waals surface area contributed by atoms with Gasteiger partial charge in [0.15, 0.2) is 0 Å². The highest BCUT2D eigenvalue weighted by molar-refractivity contribution is 5.79. The number of aliphatic carboxylic acids is 1. The van der Waals surface area contributed by atoms with Gasteiger partial charge in [-0.2, -0.15) is 0 Å². The fraction of sp³-hybridized carbons (Fsp3) is 0.300. The molecule has 1 heterocycles. The van der Waals surface area contributed by atoms with Gasteiger partial charge in [0, 0.05) is 12.2 Å². The topological polar surface area (TPSA) is 49.3 Å². The molecule has 0 amide bonds. The molecule has 0 fully saturated rings. The Hall–Kier alpha value is -1.51. The summed E-state index contributed by atoms with van der Waals surface area (Å²) in [6.45, 7) is 0.744. The number of rotatable bonds is 1. The summed E-state index contributed by atoms with van der Waals surface area (Å²) in [5, 5.41) is 12.1. The normalized spacial score (nSPS) is 20.2. The number of benzene rings is 1. The van der Waals surface area contributed by atoms with E-state index in [1.807, 2.05) is 24.3 Å². The molecular weight excluding hydrogens is 166 g/mol. The number of fused-ring (bicyclic) bond motifs is 1. The zero-order valence-electron chi connectivity index (χ0n) is 7.16. The Bertz CT molecular complexity index is 335. The zero-order valence-corrected chi connectivity index (χ0v) is 7.16. The molecule has 3 nitrogen and oxygen atoms in total. The van der Waals surface area contributed by atoms with E-state index in [9.17, 15) is 4.79 Å². The van der Waals surface area contributed by atoms with Crippen LogP contribution >= 0.6 is 0 Å². The maximum absolute atomic E-state index is 10.9. The molecule has 1 aromatic carbocycles. The molecule has 2 rings (SSSR count). The van der Waals surface area contributed by atoms with Crippen LogP contribution < -0.4 is 5.32 Å². The highest BCUT2D eigenvalue weighted by Crippen LogP contribution is 2.30. The number of anilines is 1. The van der Waals surface area contributed by atoms with Gasteiger partial charge in [-0.25, -0.2) is 0 Å². The van der Waals surface area contributed by atoms with Crippen LogP contribution in [0.3, 0.4) is 0 Å². The molecule has 1 aliphatic heterocycles. The SMILES string of the molecule is O=C(O)[C@H]1CCNc2ccccc21. The van der Waals surface area contributed by atoms with Crippen molar-refractivity contribution in [3.05, 3.63) is 29.8 Å². The second-order valence-electron chi connectivity index (χ2n) is 3.19. The van der Waals surface area contributed by atoms with Crippen molar-refractivity contribution in [1.82, 2.24) is 0 Å². The molecule has 0 saturated carbocycles. The van der Waals surface area contributed by atoms with Crippen molar-refractivity contribution in [3.63, 3.8) is 0 Å². The summed E-state index contributed by atoms with van der Waals surface area (Å²) in [5.74, 6) is -1.06. The summed E-state index contributed by atoms with van der Waals surface area (Å²) < 4.78 is 0. The van der Waals surface area contributed by atoms with Gasteiger partial charge in [-0.3, -0.25) is 4.79 Å². The Morgan fingerprint density at radius 3 is 3.00 bits per heavy atom. The molecule has 68 valence electrons.